The number of furan rings is 1. The van der Waals surface area contributed by atoms with E-state index in [1.165, 1.54) is 36.4 Å². The van der Waals surface area contributed by atoms with Crippen LogP contribution in [0.4, 0.5) is 51.7 Å². The lowest BCUT2D eigenvalue weighted by Gasteiger charge is -2.34. The van der Waals surface area contributed by atoms with Crippen molar-refractivity contribution in [2.75, 3.05) is 9.80 Å². The minimum Gasteiger partial charge on any atom is -0.457 e. The molecule has 9 heteroatoms. The number of ether oxygens (including phenoxy) is 2. The predicted octanol–water partition coefficient (Wildman–Crippen LogP) is 28.0. The molecule has 111 heavy (non-hydrogen) atoms. The molecule has 1 aromatic heterocycles. The van der Waals surface area contributed by atoms with Crippen LogP contribution in [0.3, 0.4) is 0 Å². The van der Waals surface area contributed by atoms with Crippen LogP contribution in [0.15, 0.2) is 382 Å². The maximum absolute atomic E-state index is 17.0. The van der Waals surface area contributed by atoms with Gasteiger partial charge in [0.25, 0.3) is 0 Å². The Balaban J connectivity index is 0.678. The second-order valence-corrected chi connectivity index (χ2v) is 28.0. The van der Waals surface area contributed by atoms with Crippen LogP contribution in [0.25, 0.3) is 78.6 Å². The molecule has 2 unspecified atom stereocenters. The zero-order valence-corrected chi connectivity index (χ0v) is 59.8. The van der Waals surface area contributed by atoms with Crippen LogP contribution in [0, 0.1) is 23.3 Å². The third-order valence-electron chi connectivity index (χ3n) is 21.9. The largest absolute Gasteiger partial charge is 0.457 e. The molecule has 2 aliphatic rings. The summed E-state index contributed by atoms with van der Waals surface area (Å²) in [5, 5.41) is 1.88. The Morgan fingerprint density at radius 2 is 0.595 bits per heavy atom. The van der Waals surface area contributed by atoms with E-state index in [0.717, 1.165) is 123 Å². The molecule has 16 aromatic carbocycles. The van der Waals surface area contributed by atoms with Gasteiger partial charge in [-0.3, -0.25) is 0 Å². The van der Waals surface area contributed by atoms with Gasteiger partial charge in [-0.15, -0.1) is 0 Å². The van der Waals surface area contributed by atoms with E-state index >= 15 is 17.6 Å². The molecule has 0 radical (unpaired) electrons. The molecule has 2 atom stereocenters. The molecule has 5 nitrogen and oxygen atoms in total. The third-order valence-corrected chi connectivity index (χ3v) is 21.9. The molecule has 0 bridgehead atoms. The molecular weight excluding hydrogens is 1380 g/mol. The number of hydrogen-bond acceptors (Lipinski definition) is 5. The number of para-hydroxylation sites is 2. The van der Waals surface area contributed by atoms with Crippen molar-refractivity contribution in [3.63, 3.8) is 0 Å². The average Bonchev–Trinajstić information content (AvgIpc) is 1.55. The number of nitrogens with zero attached hydrogens (tertiary/aromatic N) is 2. The van der Waals surface area contributed by atoms with E-state index in [1.54, 1.807) is 12.2 Å². The topological polar surface area (TPSA) is 38.1 Å². The molecule has 530 valence electrons. The zero-order valence-electron chi connectivity index (χ0n) is 59.8. The van der Waals surface area contributed by atoms with E-state index in [4.69, 9.17) is 13.9 Å². The summed E-state index contributed by atoms with van der Waals surface area (Å²) < 4.78 is 87.8. The summed E-state index contributed by atoms with van der Waals surface area (Å²) in [4.78, 5) is 4.42. The van der Waals surface area contributed by atoms with E-state index in [-0.39, 0.29) is 11.1 Å². The first-order chi connectivity index (χ1) is 54.5. The van der Waals surface area contributed by atoms with Gasteiger partial charge in [0.15, 0.2) is 0 Å². The Kier molecular flexibility index (Phi) is 16.7. The van der Waals surface area contributed by atoms with Gasteiger partial charge < -0.3 is 23.7 Å². The standard InChI is InChI=1S/C102H66F4N2O3/c1-3-65-35-47-79(48-36-65)109-81-51-41-71(42-52-81)101(99-93(103)31-17-32-94(99)104)89-29-13-11-27-83(89)85-55-39-69(61-91(85)101)67-19-15-25-75(59-67)107(73-21-7-5-8-22-73)77-45-57-87-88-58-46-78(64-98(88)111-97(87)63-77)108(74-23-9-6-10-24-74)76-26-16-20-68(60-76)70-40-56-86-84-28-12-14-30-90(84)102(92(86)62-70,100-95(105)33-18-34-96(100)106)72-43-53-82(54-44-72)110-80-49-37-66(4-2)38-50-80/h3-64H,1-2H2. The highest BCUT2D eigenvalue weighted by Gasteiger charge is 2.51. The van der Waals surface area contributed by atoms with Gasteiger partial charge in [-0.1, -0.05) is 219 Å². The lowest BCUT2D eigenvalue weighted by molar-refractivity contribution is 0.481. The van der Waals surface area contributed by atoms with E-state index in [1.807, 2.05) is 194 Å². The van der Waals surface area contributed by atoms with Gasteiger partial charge >= 0.3 is 0 Å². The van der Waals surface area contributed by atoms with Crippen molar-refractivity contribution in [1.82, 2.24) is 0 Å². The second-order valence-electron chi connectivity index (χ2n) is 28.0. The van der Waals surface area contributed by atoms with E-state index in [0.29, 0.717) is 45.3 Å². The van der Waals surface area contributed by atoms with Crippen molar-refractivity contribution < 1.29 is 31.5 Å². The Labute approximate surface area is 640 Å². The molecule has 0 amide bonds. The van der Waals surface area contributed by atoms with Crippen LogP contribution in [0.2, 0.25) is 0 Å². The van der Waals surface area contributed by atoms with Crippen molar-refractivity contribution in [1.29, 1.82) is 0 Å². The fourth-order valence-corrected chi connectivity index (χ4v) is 17.0. The average molecular weight is 1440 g/mol. The number of rotatable bonds is 18. The first-order valence-electron chi connectivity index (χ1n) is 36.8. The summed E-state index contributed by atoms with van der Waals surface area (Å²) in [5.74, 6) is -0.194. The van der Waals surface area contributed by atoms with Crippen LogP contribution >= 0.6 is 0 Å². The normalized spacial score (nSPS) is 14.5. The lowest BCUT2D eigenvalue weighted by atomic mass is 9.67. The molecule has 0 saturated heterocycles. The summed E-state index contributed by atoms with van der Waals surface area (Å²) in [6, 6.07) is 117. The van der Waals surface area contributed by atoms with E-state index in [9.17, 15) is 0 Å². The number of benzene rings is 16. The smallest absolute Gasteiger partial charge is 0.137 e. The minimum absolute atomic E-state index is 0.0622. The van der Waals surface area contributed by atoms with Crippen molar-refractivity contribution in [3.05, 3.63) is 456 Å². The Morgan fingerprint density at radius 1 is 0.270 bits per heavy atom. The third kappa shape index (κ3) is 11.4. The van der Waals surface area contributed by atoms with Crippen molar-refractivity contribution in [2.45, 2.75) is 10.8 Å². The predicted molar refractivity (Wildman–Crippen MR) is 442 cm³/mol. The van der Waals surface area contributed by atoms with Crippen molar-refractivity contribution in [3.8, 4) is 67.5 Å². The van der Waals surface area contributed by atoms with Crippen LogP contribution in [-0.2, 0) is 10.8 Å². The maximum Gasteiger partial charge on any atom is 0.137 e. The monoisotopic (exact) mass is 1440 g/mol. The van der Waals surface area contributed by atoms with Gasteiger partial charge in [0.1, 0.15) is 57.4 Å². The van der Waals surface area contributed by atoms with Crippen LogP contribution in [0.5, 0.6) is 23.0 Å². The first-order valence-corrected chi connectivity index (χ1v) is 36.8. The molecular formula is C102H66F4N2O3. The van der Waals surface area contributed by atoms with Gasteiger partial charge in [0.2, 0.25) is 0 Å². The lowest BCUT2D eigenvalue weighted by Crippen LogP contribution is -2.31. The number of anilines is 6. The maximum atomic E-state index is 17.0. The number of hydrogen-bond donors (Lipinski definition) is 0. The van der Waals surface area contributed by atoms with Crippen LogP contribution < -0.4 is 19.3 Å². The van der Waals surface area contributed by atoms with E-state index < -0.39 is 34.1 Å². The Bertz CT molecular complexity index is 6070. The minimum atomic E-state index is -1.41. The SMILES string of the molecule is C=Cc1ccc(Oc2ccc(C3(c4c(F)cccc4F)c4ccccc4-c4ccc(-c5cccc(N(c6ccccc6)c6ccc7c(c6)oc6cc(N(c8ccccc8)c8cccc(-c9ccc%10c(c9)C(c9ccc(Oc%11ccc(C=C)cc%11)cc9)(c9c(F)cccc9F)c9ccccc9-%10)c8)ccc67)c5)cc43)cc2)cc1. The molecule has 0 spiro atoms. The zero-order chi connectivity index (χ0) is 74.9. The number of fused-ring (bicyclic) bond motifs is 9. The summed E-state index contributed by atoms with van der Waals surface area (Å²) in [6.07, 6.45) is 3.55. The molecule has 0 N–H and O–H groups in total. The Morgan fingerprint density at radius 3 is 0.982 bits per heavy atom. The molecule has 0 fully saturated rings. The molecule has 19 rings (SSSR count). The highest BCUT2D eigenvalue weighted by molar-refractivity contribution is 6.07. The Hall–Kier alpha value is -14.3. The fraction of sp³-hybridized carbons (Fsp3) is 0.0196. The summed E-state index contributed by atoms with van der Waals surface area (Å²) in [6.45, 7) is 7.75. The molecule has 17 aromatic rings. The molecule has 1 heterocycles. The van der Waals surface area contributed by atoms with Gasteiger partial charge in [-0.05, 0) is 247 Å². The van der Waals surface area contributed by atoms with Crippen molar-refractivity contribution in [2.24, 2.45) is 0 Å². The van der Waals surface area contributed by atoms with Gasteiger partial charge in [0.05, 0.1) is 10.8 Å². The van der Waals surface area contributed by atoms with E-state index in [2.05, 4.69) is 156 Å². The van der Waals surface area contributed by atoms with Crippen molar-refractivity contribution >= 4 is 68.2 Å². The van der Waals surface area contributed by atoms with Gasteiger partial charge in [-0.2, -0.15) is 0 Å². The quantitative estimate of drug-likeness (QED) is 0.0801. The van der Waals surface area contributed by atoms with Gasteiger partial charge in [0, 0.05) is 68.2 Å². The molecule has 0 aliphatic heterocycles. The van der Waals surface area contributed by atoms with Crippen LogP contribution in [-0.4, -0.2) is 0 Å². The number of halogens is 4. The highest BCUT2D eigenvalue weighted by Crippen LogP contribution is 2.60. The van der Waals surface area contributed by atoms with Gasteiger partial charge in [-0.25, -0.2) is 17.6 Å². The summed E-state index contributed by atoms with van der Waals surface area (Å²) >= 11 is 0. The first kappa shape index (κ1) is 67.3. The molecule has 2 aliphatic carbocycles. The second kappa shape index (κ2) is 27.5. The summed E-state index contributed by atoms with van der Waals surface area (Å²) in [5.41, 5.74) is 17.0. The summed E-state index contributed by atoms with van der Waals surface area (Å²) in [7, 11) is 0. The van der Waals surface area contributed by atoms with Crippen LogP contribution in [0.1, 0.15) is 55.6 Å². The highest BCUT2D eigenvalue weighted by atomic mass is 19.1. The molecule has 0 saturated carbocycles. The fourth-order valence-electron chi connectivity index (χ4n) is 17.0.